The van der Waals surface area contributed by atoms with Crippen molar-refractivity contribution in [2.45, 2.75) is 29.7 Å². The van der Waals surface area contributed by atoms with Crippen LogP contribution in [0, 0.1) is 11.8 Å². The quantitative estimate of drug-likeness (QED) is 0.466. The Hall–Kier alpha value is 1.21. The van der Waals surface area contributed by atoms with Gasteiger partial charge < -0.3 is 0 Å². The molecule has 1 saturated heterocycles. The topological polar surface area (TPSA) is 0 Å². The van der Waals surface area contributed by atoms with E-state index < -0.39 is 4.20 Å². The van der Waals surface area contributed by atoms with Gasteiger partial charge in [0.05, 0.1) is 0 Å². The Kier molecular flexibility index (Phi) is 3.07. The fourth-order valence-electron chi connectivity index (χ4n) is 3.83. The van der Waals surface area contributed by atoms with E-state index in [1.165, 1.54) is 4.82 Å². The van der Waals surface area contributed by atoms with Gasteiger partial charge in [-0.15, -0.1) is 0 Å². The van der Waals surface area contributed by atoms with E-state index in [1.807, 2.05) is 0 Å². The standard InChI is InChI=1S/C13H15PSe3/c15-14(11-4-2-1-3-5-11)12-9-6-7-10(8-9)13(12)16-17-14/h1-5,9-10,12-13H,6-8H2. The SMILES string of the molecule is [Se]=P1(c2ccccc2)[Se][Se]C2C3CCC(C3)C21. The Morgan fingerprint density at radius 2 is 1.88 bits per heavy atom. The first-order chi connectivity index (χ1) is 8.29. The first-order valence-electron chi connectivity index (χ1n) is 6.29. The third-order valence-electron chi connectivity index (χ3n) is 4.57. The summed E-state index contributed by atoms with van der Waals surface area (Å²) in [7, 11) is 0. The van der Waals surface area contributed by atoms with Crippen LogP contribution in [-0.2, 0) is 0 Å². The molecule has 5 unspecified atom stereocenters. The van der Waals surface area contributed by atoms with Crippen molar-refractivity contribution in [3.05, 3.63) is 30.3 Å². The van der Waals surface area contributed by atoms with Crippen LogP contribution < -0.4 is 5.30 Å². The van der Waals surface area contributed by atoms with Gasteiger partial charge in [0.2, 0.25) is 0 Å². The molecule has 0 aromatic heterocycles. The van der Waals surface area contributed by atoms with Crippen LogP contribution in [-0.4, -0.2) is 46.6 Å². The van der Waals surface area contributed by atoms with Gasteiger partial charge in [-0.25, -0.2) is 0 Å². The second-order valence-electron chi connectivity index (χ2n) is 5.39. The van der Waals surface area contributed by atoms with E-state index in [9.17, 15) is 0 Å². The minimum atomic E-state index is -0.853. The molecule has 1 aromatic carbocycles. The molecule has 1 aromatic rings. The number of hydrogen-bond donors (Lipinski definition) is 0. The summed E-state index contributed by atoms with van der Waals surface area (Å²) in [4.78, 5) is 1.18. The van der Waals surface area contributed by atoms with Gasteiger partial charge in [0, 0.05) is 0 Å². The molecule has 0 radical (unpaired) electrons. The number of fused-ring (bicyclic) bond motifs is 5. The second kappa shape index (κ2) is 4.36. The summed E-state index contributed by atoms with van der Waals surface area (Å²) >= 11 is 5.71. The van der Waals surface area contributed by atoms with Gasteiger partial charge in [0.15, 0.2) is 0 Å². The zero-order valence-corrected chi connectivity index (χ0v) is 15.5. The van der Waals surface area contributed by atoms with Crippen molar-refractivity contribution in [3.8, 4) is 0 Å². The molecule has 90 valence electrons. The molecule has 0 N–H and O–H groups in total. The summed E-state index contributed by atoms with van der Waals surface area (Å²) in [6, 6.07) is 11.5. The van der Waals surface area contributed by atoms with Gasteiger partial charge in [0.1, 0.15) is 0 Å². The molecule has 3 aliphatic rings. The maximum absolute atomic E-state index is 3.78. The summed E-state index contributed by atoms with van der Waals surface area (Å²) < 4.78 is -0.853. The third kappa shape index (κ3) is 1.71. The van der Waals surface area contributed by atoms with Gasteiger partial charge >= 0.3 is 122 Å². The van der Waals surface area contributed by atoms with Crippen LogP contribution in [0.2, 0.25) is 4.82 Å². The van der Waals surface area contributed by atoms with Gasteiger partial charge in [0.25, 0.3) is 0 Å². The molecule has 0 nitrogen and oxygen atoms in total. The van der Waals surface area contributed by atoms with Crippen LogP contribution in [0.1, 0.15) is 19.3 Å². The van der Waals surface area contributed by atoms with Crippen molar-refractivity contribution in [2.24, 2.45) is 11.8 Å². The summed E-state index contributed by atoms with van der Waals surface area (Å²) in [5.41, 5.74) is 1.11. The van der Waals surface area contributed by atoms with E-state index >= 15 is 0 Å². The van der Waals surface area contributed by atoms with Crippen molar-refractivity contribution >= 4 is 50.4 Å². The number of hydrogen-bond acceptors (Lipinski definition) is 0. The molecule has 17 heavy (non-hydrogen) atoms. The molecule has 2 bridgehead atoms. The second-order valence-corrected chi connectivity index (χ2v) is 28.1. The van der Waals surface area contributed by atoms with Crippen LogP contribution in [0.15, 0.2) is 30.3 Å². The summed E-state index contributed by atoms with van der Waals surface area (Å²) in [5.74, 6) is 2.25. The van der Waals surface area contributed by atoms with E-state index in [-0.39, 0.29) is 0 Å². The first kappa shape index (κ1) is 12.0. The summed E-state index contributed by atoms with van der Waals surface area (Å²) in [6.07, 6.45) is 4.70. The minimum absolute atomic E-state index is 0.853. The van der Waals surface area contributed by atoms with Crippen molar-refractivity contribution in [1.29, 1.82) is 0 Å². The van der Waals surface area contributed by atoms with E-state index in [0.29, 0.717) is 0 Å². The van der Waals surface area contributed by atoms with Crippen molar-refractivity contribution in [3.63, 3.8) is 0 Å². The van der Waals surface area contributed by atoms with Crippen LogP contribution in [0.25, 0.3) is 0 Å². The Morgan fingerprint density at radius 1 is 1.12 bits per heavy atom. The van der Waals surface area contributed by atoms with Crippen molar-refractivity contribution in [2.75, 3.05) is 0 Å². The van der Waals surface area contributed by atoms with Gasteiger partial charge in [-0.1, -0.05) is 0 Å². The Bertz CT molecular complexity index is 487. The van der Waals surface area contributed by atoms with Crippen LogP contribution in [0.5, 0.6) is 0 Å². The normalized spacial score (nSPS) is 47.3. The van der Waals surface area contributed by atoms with Crippen molar-refractivity contribution in [1.82, 2.24) is 0 Å². The molecule has 0 spiro atoms. The molecule has 4 rings (SSSR count). The Labute approximate surface area is 121 Å². The number of rotatable bonds is 1. The molecule has 0 amide bonds. The van der Waals surface area contributed by atoms with E-state index in [1.54, 1.807) is 24.6 Å². The Balaban J connectivity index is 1.78. The average molecular weight is 439 g/mol. The molecular weight excluding hydrogens is 424 g/mol. The zero-order valence-electron chi connectivity index (χ0n) is 9.49. The molecular formula is C13H15PSe3. The third-order valence-corrected chi connectivity index (χ3v) is 40.2. The van der Waals surface area contributed by atoms with Gasteiger partial charge in [-0.2, -0.15) is 0 Å². The van der Waals surface area contributed by atoms with Gasteiger partial charge in [-0.05, 0) is 0 Å². The van der Waals surface area contributed by atoms with Crippen molar-refractivity contribution < 1.29 is 0 Å². The fraction of sp³-hybridized carbons (Fsp3) is 0.538. The molecule has 3 fully saturated rings. The monoisotopic (exact) mass is 442 g/mol. The fourth-order valence-corrected chi connectivity index (χ4v) is 43.4. The first-order valence-corrected chi connectivity index (χ1v) is 17.9. The molecule has 1 aliphatic heterocycles. The predicted octanol–water partition coefficient (Wildman–Crippen LogP) is 2.25. The Morgan fingerprint density at radius 3 is 2.71 bits per heavy atom. The molecule has 2 aliphatic carbocycles. The van der Waals surface area contributed by atoms with Crippen LogP contribution >= 0.6 is 4.20 Å². The summed E-state index contributed by atoms with van der Waals surface area (Å²) in [5, 5.41) is 1.71. The predicted molar refractivity (Wildman–Crippen MR) is 78.6 cm³/mol. The average Bonchev–Trinajstić information content (AvgIpc) is 3.04. The van der Waals surface area contributed by atoms with E-state index in [2.05, 4.69) is 45.4 Å². The molecule has 2 saturated carbocycles. The maximum atomic E-state index is 3.78. The number of benzene rings is 1. The zero-order chi connectivity index (χ0) is 11.5. The van der Waals surface area contributed by atoms with Crippen LogP contribution in [0.3, 0.4) is 0 Å². The van der Waals surface area contributed by atoms with Gasteiger partial charge in [-0.3, -0.25) is 0 Å². The van der Waals surface area contributed by atoms with Crippen LogP contribution in [0.4, 0.5) is 0 Å². The molecule has 4 heteroatoms. The molecule has 1 heterocycles. The summed E-state index contributed by atoms with van der Waals surface area (Å²) in [6.45, 7) is 0. The van der Waals surface area contributed by atoms with E-state index in [4.69, 9.17) is 0 Å². The molecule has 5 atom stereocenters. The van der Waals surface area contributed by atoms with E-state index in [0.717, 1.165) is 43.3 Å².